The molecule has 0 aliphatic heterocycles. The molecular formula is C16H15ClN2O2. The minimum atomic E-state index is -0.323. The highest BCUT2D eigenvalue weighted by Gasteiger charge is 2.17. The van der Waals surface area contributed by atoms with E-state index in [1.807, 2.05) is 13.0 Å². The van der Waals surface area contributed by atoms with Crippen LogP contribution >= 0.6 is 11.6 Å². The van der Waals surface area contributed by atoms with Crippen LogP contribution in [0.3, 0.4) is 0 Å². The third-order valence-electron chi connectivity index (χ3n) is 2.96. The number of halogens is 1. The number of pyridine rings is 1. The average molecular weight is 303 g/mol. The van der Waals surface area contributed by atoms with Gasteiger partial charge in [-0.2, -0.15) is 0 Å². The molecule has 108 valence electrons. The van der Waals surface area contributed by atoms with E-state index in [0.29, 0.717) is 17.5 Å². The van der Waals surface area contributed by atoms with E-state index >= 15 is 0 Å². The fourth-order valence-electron chi connectivity index (χ4n) is 1.92. The van der Waals surface area contributed by atoms with Crippen LogP contribution in [0.2, 0.25) is 5.15 Å². The number of rotatable bonds is 5. The van der Waals surface area contributed by atoms with Crippen molar-refractivity contribution >= 4 is 29.0 Å². The Balaban J connectivity index is 2.31. The standard InChI is InChI=1S/C16H15ClN2O2/c1-2-6-13(20)12-9-10-18-15(17)14(12)19-16(21)11-7-4-3-5-8-11/h3-5,7-10H,2,6H2,1H3,(H,19,21). The van der Waals surface area contributed by atoms with Gasteiger partial charge in [-0.15, -0.1) is 0 Å². The zero-order chi connectivity index (χ0) is 15.2. The van der Waals surface area contributed by atoms with E-state index in [9.17, 15) is 9.59 Å². The van der Waals surface area contributed by atoms with Gasteiger partial charge in [0.25, 0.3) is 5.91 Å². The van der Waals surface area contributed by atoms with E-state index in [4.69, 9.17) is 11.6 Å². The maximum atomic E-state index is 12.2. The van der Waals surface area contributed by atoms with Gasteiger partial charge >= 0.3 is 0 Å². The van der Waals surface area contributed by atoms with Crippen LogP contribution in [-0.4, -0.2) is 16.7 Å². The van der Waals surface area contributed by atoms with Crippen molar-refractivity contribution in [2.24, 2.45) is 0 Å². The second-order valence-electron chi connectivity index (χ2n) is 4.52. The zero-order valence-electron chi connectivity index (χ0n) is 11.6. The number of hydrogen-bond acceptors (Lipinski definition) is 3. The highest BCUT2D eigenvalue weighted by molar-refractivity contribution is 6.33. The Hall–Kier alpha value is -2.20. The van der Waals surface area contributed by atoms with Gasteiger partial charge in [0.05, 0.1) is 5.69 Å². The monoisotopic (exact) mass is 302 g/mol. The summed E-state index contributed by atoms with van der Waals surface area (Å²) in [5.74, 6) is -0.388. The lowest BCUT2D eigenvalue weighted by molar-refractivity contribution is 0.0982. The number of benzene rings is 1. The summed E-state index contributed by atoms with van der Waals surface area (Å²) in [6.07, 6.45) is 2.59. The highest BCUT2D eigenvalue weighted by Crippen LogP contribution is 2.25. The maximum absolute atomic E-state index is 12.2. The maximum Gasteiger partial charge on any atom is 0.255 e. The summed E-state index contributed by atoms with van der Waals surface area (Å²) < 4.78 is 0. The molecule has 0 aliphatic carbocycles. The number of ketones is 1. The van der Waals surface area contributed by atoms with Crippen LogP contribution in [0.4, 0.5) is 5.69 Å². The summed E-state index contributed by atoms with van der Waals surface area (Å²) in [4.78, 5) is 28.2. The Labute approximate surface area is 128 Å². The zero-order valence-corrected chi connectivity index (χ0v) is 12.4. The number of carbonyl (C=O) groups excluding carboxylic acids is 2. The predicted octanol–water partition coefficient (Wildman–Crippen LogP) is 3.97. The van der Waals surface area contributed by atoms with E-state index in [2.05, 4.69) is 10.3 Å². The molecule has 21 heavy (non-hydrogen) atoms. The van der Waals surface area contributed by atoms with Gasteiger partial charge in [0.2, 0.25) is 0 Å². The minimum absolute atomic E-state index is 0.0647. The van der Waals surface area contributed by atoms with E-state index in [1.165, 1.54) is 6.20 Å². The van der Waals surface area contributed by atoms with Crippen LogP contribution in [0.5, 0.6) is 0 Å². The largest absolute Gasteiger partial charge is 0.319 e. The fraction of sp³-hybridized carbons (Fsp3) is 0.188. The summed E-state index contributed by atoms with van der Waals surface area (Å²) in [6.45, 7) is 1.92. The Morgan fingerprint density at radius 3 is 2.57 bits per heavy atom. The molecule has 0 saturated heterocycles. The van der Waals surface area contributed by atoms with Crippen molar-refractivity contribution in [1.82, 2.24) is 4.98 Å². The first kappa shape index (κ1) is 15.2. The number of aromatic nitrogens is 1. The van der Waals surface area contributed by atoms with Crippen molar-refractivity contribution in [2.45, 2.75) is 19.8 Å². The Kier molecular flexibility index (Phi) is 5.06. The van der Waals surface area contributed by atoms with Crippen LogP contribution in [0.15, 0.2) is 42.6 Å². The van der Waals surface area contributed by atoms with E-state index in [1.54, 1.807) is 30.3 Å². The van der Waals surface area contributed by atoms with Crippen LogP contribution in [0.1, 0.15) is 40.5 Å². The molecule has 5 heteroatoms. The fourth-order valence-corrected chi connectivity index (χ4v) is 2.13. The number of carbonyl (C=O) groups is 2. The lowest BCUT2D eigenvalue weighted by Crippen LogP contribution is -2.15. The van der Waals surface area contributed by atoms with Crippen molar-refractivity contribution in [1.29, 1.82) is 0 Å². The molecule has 0 radical (unpaired) electrons. The minimum Gasteiger partial charge on any atom is -0.319 e. The first-order valence-corrected chi connectivity index (χ1v) is 7.05. The summed E-state index contributed by atoms with van der Waals surface area (Å²) in [5.41, 5.74) is 1.15. The molecule has 0 spiro atoms. The number of hydrogen-bond donors (Lipinski definition) is 1. The third-order valence-corrected chi connectivity index (χ3v) is 3.24. The average Bonchev–Trinajstić information content (AvgIpc) is 2.50. The van der Waals surface area contributed by atoms with Crippen LogP contribution < -0.4 is 5.32 Å². The molecule has 1 amide bonds. The van der Waals surface area contributed by atoms with Gasteiger partial charge in [-0.1, -0.05) is 36.7 Å². The second-order valence-corrected chi connectivity index (χ2v) is 4.88. The third kappa shape index (κ3) is 3.67. The number of nitrogens with one attached hydrogen (secondary N) is 1. The number of nitrogens with zero attached hydrogens (tertiary/aromatic N) is 1. The van der Waals surface area contributed by atoms with Gasteiger partial charge < -0.3 is 5.32 Å². The number of anilines is 1. The Morgan fingerprint density at radius 1 is 1.19 bits per heavy atom. The predicted molar refractivity (Wildman–Crippen MR) is 82.9 cm³/mol. The number of Topliss-reactive ketones (excluding diaryl/α,β-unsaturated/α-hetero) is 1. The van der Waals surface area contributed by atoms with Crippen molar-refractivity contribution in [3.63, 3.8) is 0 Å². The molecule has 0 fully saturated rings. The molecule has 4 nitrogen and oxygen atoms in total. The lowest BCUT2D eigenvalue weighted by atomic mass is 10.1. The van der Waals surface area contributed by atoms with Gasteiger partial charge in [0.1, 0.15) is 0 Å². The van der Waals surface area contributed by atoms with Gasteiger partial charge in [0.15, 0.2) is 10.9 Å². The van der Waals surface area contributed by atoms with E-state index in [-0.39, 0.29) is 22.5 Å². The molecule has 0 saturated carbocycles. The normalized spacial score (nSPS) is 10.2. The quantitative estimate of drug-likeness (QED) is 0.671. The molecule has 1 aromatic carbocycles. The van der Waals surface area contributed by atoms with Crippen LogP contribution in [0.25, 0.3) is 0 Å². The van der Waals surface area contributed by atoms with Crippen LogP contribution in [0, 0.1) is 0 Å². The topological polar surface area (TPSA) is 59.1 Å². The molecule has 0 atom stereocenters. The first-order chi connectivity index (χ1) is 10.1. The molecule has 1 heterocycles. The Bertz CT molecular complexity index is 657. The van der Waals surface area contributed by atoms with Gasteiger partial charge in [-0.3, -0.25) is 9.59 Å². The van der Waals surface area contributed by atoms with E-state index < -0.39 is 0 Å². The molecule has 0 unspecified atom stereocenters. The van der Waals surface area contributed by atoms with Gasteiger partial charge in [0, 0.05) is 23.7 Å². The molecule has 2 rings (SSSR count). The van der Waals surface area contributed by atoms with Crippen molar-refractivity contribution in [3.05, 3.63) is 58.9 Å². The van der Waals surface area contributed by atoms with Crippen LogP contribution in [-0.2, 0) is 0 Å². The van der Waals surface area contributed by atoms with E-state index in [0.717, 1.165) is 6.42 Å². The van der Waals surface area contributed by atoms with Gasteiger partial charge in [-0.05, 0) is 24.6 Å². The van der Waals surface area contributed by atoms with Crippen molar-refractivity contribution in [2.75, 3.05) is 5.32 Å². The highest BCUT2D eigenvalue weighted by atomic mass is 35.5. The second kappa shape index (κ2) is 6.99. The summed E-state index contributed by atoms with van der Waals surface area (Å²) in [7, 11) is 0. The molecule has 0 aliphatic rings. The molecule has 0 bridgehead atoms. The van der Waals surface area contributed by atoms with Gasteiger partial charge in [-0.25, -0.2) is 4.98 Å². The Morgan fingerprint density at radius 2 is 1.90 bits per heavy atom. The molecular weight excluding hydrogens is 288 g/mol. The SMILES string of the molecule is CCCC(=O)c1ccnc(Cl)c1NC(=O)c1ccccc1. The molecule has 1 aromatic heterocycles. The lowest BCUT2D eigenvalue weighted by Gasteiger charge is -2.11. The first-order valence-electron chi connectivity index (χ1n) is 6.67. The smallest absolute Gasteiger partial charge is 0.255 e. The van der Waals surface area contributed by atoms with Crippen molar-refractivity contribution in [3.8, 4) is 0 Å². The summed E-state index contributed by atoms with van der Waals surface area (Å²) in [5, 5.41) is 2.79. The molecule has 2 aromatic rings. The van der Waals surface area contributed by atoms with Crippen molar-refractivity contribution < 1.29 is 9.59 Å². The molecule has 1 N–H and O–H groups in total. The number of amides is 1. The summed E-state index contributed by atoms with van der Waals surface area (Å²) >= 11 is 6.03. The summed E-state index contributed by atoms with van der Waals surface area (Å²) in [6, 6.07) is 10.3.